The number of carbonyl (C=O) groups is 2. The van der Waals surface area contributed by atoms with Crippen LogP contribution in [0.1, 0.15) is 36.0 Å². The van der Waals surface area contributed by atoms with Crippen molar-refractivity contribution in [1.29, 1.82) is 0 Å². The second-order valence-electron chi connectivity index (χ2n) is 6.20. The predicted octanol–water partition coefficient (Wildman–Crippen LogP) is 4.50. The Balaban J connectivity index is 1.37. The first kappa shape index (κ1) is 20.5. The van der Waals surface area contributed by atoms with Crippen molar-refractivity contribution in [2.45, 2.75) is 26.4 Å². The zero-order chi connectivity index (χ0) is 20.6. The van der Waals surface area contributed by atoms with Crippen molar-refractivity contribution in [2.24, 2.45) is 0 Å². The lowest BCUT2D eigenvalue weighted by atomic mass is 10.1. The van der Waals surface area contributed by atoms with E-state index in [0.717, 1.165) is 5.56 Å². The summed E-state index contributed by atoms with van der Waals surface area (Å²) in [6.45, 7) is 1.77. The average molecular weight is 415 g/mol. The van der Waals surface area contributed by atoms with Gasteiger partial charge >= 0.3 is 5.97 Å². The van der Waals surface area contributed by atoms with Crippen LogP contribution in [0.15, 0.2) is 52.9 Å². The lowest BCUT2D eigenvalue weighted by Crippen LogP contribution is -2.07. The molecule has 0 bridgehead atoms. The molecule has 0 amide bonds. The standard InChI is InChI=1S/C21H19ClN2O5/c1-14(25)15-6-10-18(11-7-15)27-12-2-3-20(26)28-13-19-23-24-21(29-19)16-4-8-17(22)9-5-16/h4-11H,2-3,12-13H2,1H3. The highest BCUT2D eigenvalue weighted by Crippen LogP contribution is 2.20. The molecule has 1 aromatic heterocycles. The molecule has 0 aliphatic heterocycles. The van der Waals surface area contributed by atoms with Crippen molar-refractivity contribution in [1.82, 2.24) is 10.2 Å². The number of hydrogen-bond donors (Lipinski definition) is 0. The molecule has 0 saturated carbocycles. The van der Waals surface area contributed by atoms with Crippen molar-refractivity contribution < 1.29 is 23.5 Å². The third-order valence-electron chi connectivity index (χ3n) is 3.97. The average Bonchev–Trinajstić information content (AvgIpc) is 3.19. The Morgan fingerprint density at radius 1 is 1.03 bits per heavy atom. The summed E-state index contributed by atoms with van der Waals surface area (Å²) in [4.78, 5) is 23.1. The van der Waals surface area contributed by atoms with Crippen molar-refractivity contribution >= 4 is 23.4 Å². The van der Waals surface area contributed by atoms with Gasteiger partial charge in [0.15, 0.2) is 12.4 Å². The smallest absolute Gasteiger partial charge is 0.306 e. The number of ether oxygens (including phenoxy) is 2. The van der Waals surface area contributed by atoms with E-state index in [2.05, 4.69) is 10.2 Å². The molecule has 0 radical (unpaired) electrons. The molecule has 0 unspecified atom stereocenters. The molecule has 0 N–H and O–H groups in total. The highest BCUT2D eigenvalue weighted by molar-refractivity contribution is 6.30. The van der Waals surface area contributed by atoms with Gasteiger partial charge in [-0.25, -0.2) is 0 Å². The maximum absolute atomic E-state index is 11.8. The quantitative estimate of drug-likeness (QED) is 0.289. The Labute approximate surface area is 172 Å². The van der Waals surface area contributed by atoms with Crippen LogP contribution in [0.5, 0.6) is 5.75 Å². The number of hydrogen-bond acceptors (Lipinski definition) is 7. The van der Waals surface area contributed by atoms with Crippen LogP contribution in [0.25, 0.3) is 11.5 Å². The SMILES string of the molecule is CC(=O)c1ccc(OCCCC(=O)OCc2nnc(-c3ccc(Cl)cc3)o2)cc1. The third kappa shape index (κ3) is 6.15. The molecule has 1 heterocycles. The summed E-state index contributed by atoms with van der Waals surface area (Å²) < 4.78 is 16.2. The number of esters is 1. The molecule has 0 atom stereocenters. The fraction of sp³-hybridized carbons (Fsp3) is 0.238. The molecule has 0 saturated heterocycles. The van der Waals surface area contributed by atoms with Gasteiger partial charge in [-0.1, -0.05) is 11.6 Å². The Morgan fingerprint density at radius 2 is 1.76 bits per heavy atom. The van der Waals surface area contributed by atoms with E-state index in [9.17, 15) is 9.59 Å². The zero-order valence-corrected chi connectivity index (χ0v) is 16.5. The van der Waals surface area contributed by atoms with E-state index in [0.29, 0.717) is 35.3 Å². The number of benzene rings is 2. The Hall–Kier alpha value is -3.19. The van der Waals surface area contributed by atoms with Crippen molar-refractivity contribution in [3.8, 4) is 17.2 Å². The molecular formula is C21H19ClN2O5. The van der Waals surface area contributed by atoms with Gasteiger partial charge in [-0.3, -0.25) is 9.59 Å². The number of halogens is 1. The van der Waals surface area contributed by atoms with E-state index in [1.54, 1.807) is 48.5 Å². The predicted molar refractivity (Wildman–Crippen MR) is 106 cm³/mol. The van der Waals surface area contributed by atoms with Crippen LogP contribution in [0, 0.1) is 0 Å². The number of nitrogens with zero attached hydrogens (tertiary/aromatic N) is 2. The van der Waals surface area contributed by atoms with Gasteiger partial charge in [0.2, 0.25) is 5.89 Å². The van der Waals surface area contributed by atoms with Crippen molar-refractivity contribution in [3.05, 3.63) is 65.0 Å². The van der Waals surface area contributed by atoms with Crippen molar-refractivity contribution in [2.75, 3.05) is 6.61 Å². The second-order valence-corrected chi connectivity index (χ2v) is 6.64. The van der Waals surface area contributed by atoms with Crippen LogP contribution in [0.2, 0.25) is 5.02 Å². The highest BCUT2D eigenvalue weighted by Gasteiger charge is 2.11. The molecule has 0 aliphatic rings. The minimum Gasteiger partial charge on any atom is -0.494 e. The van der Waals surface area contributed by atoms with Gasteiger partial charge in [-0.2, -0.15) is 0 Å². The van der Waals surface area contributed by atoms with Gasteiger partial charge in [0.25, 0.3) is 5.89 Å². The third-order valence-corrected chi connectivity index (χ3v) is 4.22. The summed E-state index contributed by atoms with van der Waals surface area (Å²) in [5, 5.41) is 8.41. The van der Waals surface area contributed by atoms with Crippen LogP contribution in [-0.2, 0) is 16.1 Å². The zero-order valence-electron chi connectivity index (χ0n) is 15.8. The maximum atomic E-state index is 11.8. The molecular weight excluding hydrogens is 396 g/mol. The molecule has 29 heavy (non-hydrogen) atoms. The molecule has 7 nitrogen and oxygen atoms in total. The minimum atomic E-state index is -0.383. The summed E-state index contributed by atoms with van der Waals surface area (Å²) in [5.41, 5.74) is 1.36. The first-order valence-electron chi connectivity index (χ1n) is 8.99. The van der Waals surface area contributed by atoms with E-state index in [4.69, 9.17) is 25.5 Å². The van der Waals surface area contributed by atoms with Crippen LogP contribution >= 0.6 is 11.6 Å². The summed E-state index contributed by atoms with van der Waals surface area (Å²) in [6.07, 6.45) is 0.691. The molecule has 0 fully saturated rings. The Kier molecular flexibility index (Phi) is 6.97. The molecule has 2 aromatic carbocycles. The van der Waals surface area contributed by atoms with Crippen LogP contribution in [0.4, 0.5) is 0 Å². The van der Waals surface area contributed by atoms with E-state index in [1.165, 1.54) is 6.92 Å². The van der Waals surface area contributed by atoms with E-state index < -0.39 is 0 Å². The van der Waals surface area contributed by atoms with Crippen LogP contribution in [0.3, 0.4) is 0 Å². The molecule has 0 aliphatic carbocycles. The summed E-state index contributed by atoms with van der Waals surface area (Å²) in [6, 6.07) is 13.8. The Bertz CT molecular complexity index is 967. The van der Waals surface area contributed by atoms with Gasteiger partial charge in [-0.15, -0.1) is 10.2 Å². The van der Waals surface area contributed by atoms with Gasteiger partial charge in [0, 0.05) is 22.6 Å². The number of Topliss-reactive ketones (excluding diaryl/α,β-unsaturated/α-hetero) is 1. The molecule has 150 valence electrons. The lowest BCUT2D eigenvalue weighted by Gasteiger charge is -2.06. The highest BCUT2D eigenvalue weighted by atomic mass is 35.5. The lowest BCUT2D eigenvalue weighted by molar-refractivity contribution is -0.145. The number of rotatable bonds is 9. The first-order chi connectivity index (χ1) is 14.0. The number of ketones is 1. The van der Waals surface area contributed by atoms with E-state index >= 15 is 0 Å². The Morgan fingerprint density at radius 3 is 2.45 bits per heavy atom. The fourth-order valence-electron chi connectivity index (χ4n) is 2.43. The van der Waals surface area contributed by atoms with Gasteiger partial charge in [0.1, 0.15) is 5.75 Å². The van der Waals surface area contributed by atoms with Crippen LogP contribution < -0.4 is 4.74 Å². The van der Waals surface area contributed by atoms with Crippen molar-refractivity contribution in [3.63, 3.8) is 0 Å². The van der Waals surface area contributed by atoms with E-state index in [-0.39, 0.29) is 30.7 Å². The monoisotopic (exact) mass is 414 g/mol. The topological polar surface area (TPSA) is 91.5 Å². The maximum Gasteiger partial charge on any atom is 0.306 e. The summed E-state index contributed by atoms with van der Waals surface area (Å²) >= 11 is 5.85. The first-order valence-corrected chi connectivity index (χ1v) is 9.37. The normalized spacial score (nSPS) is 10.6. The molecule has 8 heteroatoms. The minimum absolute atomic E-state index is 0.000767. The largest absolute Gasteiger partial charge is 0.494 e. The number of aromatic nitrogens is 2. The van der Waals surface area contributed by atoms with E-state index in [1.807, 2.05) is 0 Å². The number of carbonyl (C=O) groups excluding carboxylic acids is 2. The molecule has 3 aromatic rings. The fourth-order valence-corrected chi connectivity index (χ4v) is 2.55. The van der Waals surface area contributed by atoms with Crippen LogP contribution in [-0.4, -0.2) is 28.6 Å². The molecule has 0 spiro atoms. The van der Waals surface area contributed by atoms with Gasteiger partial charge < -0.3 is 13.9 Å². The molecule has 3 rings (SSSR count). The summed E-state index contributed by atoms with van der Waals surface area (Å²) in [5.74, 6) is 0.804. The second kappa shape index (κ2) is 9.84. The van der Waals surface area contributed by atoms with Gasteiger partial charge in [0.05, 0.1) is 6.61 Å². The summed E-state index contributed by atoms with van der Waals surface area (Å²) in [7, 11) is 0. The van der Waals surface area contributed by atoms with Gasteiger partial charge in [-0.05, 0) is 61.9 Å².